The number of carbonyl (C=O) groups is 2. The smallest absolute Gasteiger partial charge is 0.320 e. The number of nitrogens with zero attached hydrogens (tertiary/aromatic N) is 4. The van der Waals surface area contributed by atoms with E-state index in [1.807, 2.05) is 11.5 Å². The summed E-state index contributed by atoms with van der Waals surface area (Å²) < 4.78 is 7.14. The highest BCUT2D eigenvalue weighted by Crippen LogP contribution is 2.34. The molecule has 1 aromatic carbocycles. The van der Waals surface area contributed by atoms with E-state index < -0.39 is 5.91 Å². The van der Waals surface area contributed by atoms with Crippen LogP contribution >= 0.6 is 0 Å². The van der Waals surface area contributed by atoms with Crippen molar-refractivity contribution in [3.05, 3.63) is 34.3 Å². The van der Waals surface area contributed by atoms with Gasteiger partial charge in [-0.05, 0) is 25.8 Å². The lowest BCUT2D eigenvalue weighted by molar-refractivity contribution is -0.105. The average Bonchev–Trinajstić information content (AvgIpc) is 3.08. The molecule has 2 rings (SSSR count). The SMILES string of the molecule is CCCC(CCC)c1nnc(C)n1-c1cc(OC)c(C(=O)N=O)cc1NC=O. The first-order valence-corrected chi connectivity index (χ1v) is 9.24. The summed E-state index contributed by atoms with van der Waals surface area (Å²) in [5.74, 6) is 0.815. The van der Waals surface area contributed by atoms with Crippen molar-refractivity contribution < 1.29 is 14.3 Å². The monoisotopic (exact) mass is 387 g/mol. The molecule has 0 unspecified atom stereocenters. The van der Waals surface area contributed by atoms with Crippen LogP contribution in [0, 0.1) is 11.8 Å². The molecule has 0 fully saturated rings. The Morgan fingerprint density at radius 2 is 1.96 bits per heavy atom. The molecule has 0 radical (unpaired) electrons. The van der Waals surface area contributed by atoms with E-state index in [2.05, 4.69) is 34.5 Å². The third kappa shape index (κ3) is 4.24. The maximum atomic E-state index is 11.9. The number of methoxy groups -OCH3 is 1. The quantitative estimate of drug-likeness (QED) is 0.490. The Hall–Kier alpha value is -3.10. The number of aromatic nitrogens is 3. The van der Waals surface area contributed by atoms with E-state index in [1.54, 1.807) is 6.07 Å². The molecule has 0 aliphatic rings. The van der Waals surface area contributed by atoms with Gasteiger partial charge in [-0.2, -0.15) is 0 Å². The number of rotatable bonds is 10. The Kier molecular flexibility index (Phi) is 7.36. The van der Waals surface area contributed by atoms with Crippen molar-refractivity contribution in [2.45, 2.75) is 52.4 Å². The average molecular weight is 387 g/mol. The third-order valence-electron chi connectivity index (χ3n) is 4.58. The summed E-state index contributed by atoms with van der Waals surface area (Å²) in [7, 11) is 1.39. The van der Waals surface area contributed by atoms with E-state index in [4.69, 9.17) is 4.74 Å². The topological polar surface area (TPSA) is 116 Å². The standard InChI is InChI=1S/C19H25N5O4/c1-5-7-13(8-6-2)18-22-21-12(3)24(18)16-10-17(28-4)14(19(26)23-27)9-15(16)20-11-25/h9-11,13H,5-8H2,1-4H3,(H,20,25). The lowest BCUT2D eigenvalue weighted by Gasteiger charge is -2.20. The number of nitroso groups, excluding NO2 is 1. The predicted octanol–water partition coefficient (Wildman–Crippen LogP) is 3.74. The van der Waals surface area contributed by atoms with Crippen molar-refractivity contribution in [3.8, 4) is 11.4 Å². The summed E-state index contributed by atoms with van der Waals surface area (Å²) in [5, 5.41) is 13.7. The lowest BCUT2D eigenvalue weighted by atomic mass is 9.97. The van der Waals surface area contributed by atoms with E-state index in [9.17, 15) is 14.5 Å². The molecule has 0 bridgehead atoms. The van der Waals surface area contributed by atoms with Crippen molar-refractivity contribution in [1.82, 2.24) is 14.8 Å². The predicted molar refractivity (Wildman–Crippen MR) is 105 cm³/mol. The van der Waals surface area contributed by atoms with Gasteiger partial charge in [0.2, 0.25) is 6.41 Å². The number of aryl methyl sites for hydroxylation is 1. The molecular formula is C19H25N5O4. The van der Waals surface area contributed by atoms with Crippen molar-refractivity contribution in [2.75, 3.05) is 12.4 Å². The molecule has 0 saturated carbocycles. The molecule has 1 N–H and O–H groups in total. The summed E-state index contributed by atoms with van der Waals surface area (Å²) in [6.07, 6.45) is 4.40. The fourth-order valence-corrected chi connectivity index (χ4v) is 3.36. The molecule has 0 aliphatic carbocycles. The Morgan fingerprint density at radius 3 is 2.50 bits per heavy atom. The highest BCUT2D eigenvalue weighted by atomic mass is 16.5. The number of hydrogen-bond acceptors (Lipinski definition) is 6. The third-order valence-corrected chi connectivity index (χ3v) is 4.58. The van der Waals surface area contributed by atoms with Gasteiger partial charge < -0.3 is 10.1 Å². The highest BCUT2D eigenvalue weighted by Gasteiger charge is 2.24. The van der Waals surface area contributed by atoms with Crippen LogP contribution in [0.15, 0.2) is 17.3 Å². The van der Waals surface area contributed by atoms with Crippen LogP contribution in [-0.4, -0.2) is 34.2 Å². The highest BCUT2D eigenvalue weighted by molar-refractivity contribution is 6.00. The van der Waals surface area contributed by atoms with Gasteiger partial charge in [-0.1, -0.05) is 26.7 Å². The zero-order chi connectivity index (χ0) is 20.7. The van der Waals surface area contributed by atoms with E-state index in [0.29, 0.717) is 23.6 Å². The van der Waals surface area contributed by atoms with Gasteiger partial charge in [0.05, 0.1) is 24.0 Å². The lowest BCUT2D eigenvalue weighted by Crippen LogP contribution is -2.13. The molecule has 1 aromatic heterocycles. The second-order valence-corrected chi connectivity index (χ2v) is 6.44. The first kappa shape index (κ1) is 21.2. The number of hydrogen-bond donors (Lipinski definition) is 1. The van der Waals surface area contributed by atoms with Gasteiger partial charge >= 0.3 is 5.91 Å². The van der Waals surface area contributed by atoms with E-state index >= 15 is 0 Å². The van der Waals surface area contributed by atoms with Gasteiger partial charge in [0.25, 0.3) is 0 Å². The molecule has 9 heteroatoms. The van der Waals surface area contributed by atoms with Crippen LogP contribution in [0.5, 0.6) is 5.75 Å². The van der Waals surface area contributed by atoms with Gasteiger partial charge in [-0.3, -0.25) is 14.2 Å². The Labute approximate surface area is 163 Å². The molecule has 0 saturated heterocycles. The largest absolute Gasteiger partial charge is 0.496 e. The summed E-state index contributed by atoms with van der Waals surface area (Å²) >= 11 is 0. The first-order chi connectivity index (χ1) is 13.5. The number of benzene rings is 1. The van der Waals surface area contributed by atoms with Crippen LogP contribution in [-0.2, 0) is 4.79 Å². The van der Waals surface area contributed by atoms with Crippen molar-refractivity contribution in [3.63, 3.8) is 0 Å². The fourth-order valence-electron chi connectivity index (χ4n) is 3.36. The molecule has 2 aromatic rings. The van der Waals surface area contributed by atoms with Gasteiger partial charge in [-0.15, -0.1) is 15.1 Å². The molecule has 150 valence electrons. The van der Waals surface area contributed by atoms with Crippen LogP contribution in [0.4, 0.5) is 5.69 Å². The normalized spacial score (nSPS) is 10.8. The number of nitrogens with one attached hydrogen (secondary N) is 1. The maximum Gasteiger partial charge on any atom is 0.320 e. The molecule has 1 heterocycles. The van der Waals surface area contributed by atoms with Crippen LogP contribution in [0.1, 0.15) is 67.5 Å². The number of ether oxygens (including phenoxy) is 1. The molecule has 0 spiro atoms. The van der Waals surface area contributed by atoms with Crippen LogP contribution in [0.2, 0.25) is 0 Å². The van der Waals surface area contributed by atoms with Crippen LogP contribution in [0.3, 0.4) is 0 Å². The van der Waals surface area contributed by atoms with Crippen LogP contribution in [0.25, 0.3) is 5.69 Å². The number of amides is 2. The van der Waals surface area contributed by atoms with E-state index in [0.717, 1.165) is 31.5 Å². The van der Waals surface area contributed by atoms with E-state index in [-0.39, 0.29) is 17.2 Å². The minimum absolute atomic E-state index is 0.0310. The minimum atomic E-state index is -0.979. The molecular weight excluding hydrogens is 362 g/mol. The van der Waals surface area contributed by atoms with Crippen LogP contribution < -0.4 is 10.1 Å². The Morgan fingerprint density at radius 1 is 1.29 bits per heavy atom. The molecule has 0 atom stereocenters. The molecule has 2 amide bonds. The second kappa shape index (κ2) is 9.72. The molecule has 0 aliphatic heterocycles. The zero-order valence-electron chi connectivity index (χ0n) is 16.6. The Bertz CT molecular complexity index is 856. The van der Waals surface area contributed by atoms with Gasteiger partial charge in [0.1, 0.15) is 17.4 Å². The van der Waals surface area contributed by atoms with E-state index in [1.165, 1.54) is 13.2 Å². The van der Waals surface area contributed by atoms with Crippen molar-refractivity contribution >= 4 is 18.0 Å². The first-order valence-electron chi connectivity index (χ1n) is 9.24. The summed E-state index contributed by atoms with van der Waals surface area (Å²) in [5.41, 5.74) is 0.858. The summed E-state index contributed by atoms with van der Waals surface area (Å²) in [6.45, 7) is 6.05. The van der Waals surface area contributed by atoms with Gasteiger partial charge in [0, 0.05) is 17.2 Å². The fraction of sp³-hybridized carbons (Fsp3) is 0.474. The maximum absolute atomic E-state index is 11.9. The summed E-state index contributed by atoms with van der Waals surface area (Å²) in [6, 6.07) is 2.96. The second-order valence-electron chi connectivity index (χ2n) is 6.44. The summed E-state index contributed by atoms with van der Waals surface area (Å²) in [4.78, 5) is 33.7. The van der Waals surface area contributed by atoms with Gasteiger partial charge in [-0.25, -0.2) is 0 Å². The molecule has 28 heavy (non-hydrogen) atoms. The number of carbonyl (C=O) groups excluding carboxylic acids is 2. The van der Waals surface area contributed by atoms with Crippen molar-refractivity contribution in [2.24, 2.45) is 5.18 Å². The minimum Gasteiger partial charge on any atom is -0.496 e. The van der Waals surface area contributed by atoms with Gasteiger partial charge in [0.15, 0.2) is 0 Å². The van der Waals surface area contributed by atoms with Crippen molar-refractivity contribution in [1.29, 1.82) is 0 Å². The molecule has 9 nitrogen and oxygen atoms in total. The number of anilines is 1. The Balaban J connectivity index is 2.73. The zero-order valence-corrected chi connectivity index (χ0v) is 16.6.